The normalized spacial score (nSPS) is 10.6. The molecule has 5 nitrogen and oxygen atoms in total. The van der Waals surface area contributed by atoms with Crippen molar-refractivity contribution in [2.45, 2.75) is 20.8 Å². The van der Waals surface area contributed by atoms with Crippen LogP contribution in [0.3, 0.4) is 0 Å². The molecule has 26 heavy (non-hydrogen) atoms. The number of ether oxygens (including phenoxy) is 1. The summed E-state index contributed by atoms with van der Waals surface area (Å²) in [5.41, 5.74) is 4.62. The molecule has 134 valence electrons. The van der Waals surface area contributed by atoms with E-state index in [0.29, 0.717) is 18.7 Å². The molecule has 0 unspecified atom stereocenters. The Balaban J connectivity index is 1.60. The molecule has 0 atom stereocenters. The summed E-state index contributed by atoms with van der Waals surface area (Å²) in [4.78, 5) is 12.4. The first-order chi connectivity index (χ1) is 12.6. The van der Waals surface area contributed by atoms with Crippen LogP contribution < -0.4 is 10.1 Å². The van der Waals surface area contributed by atoms with E-state index in [1.165, 1.54) is 0 Å². The quantitative estimate of drug-likeness (QED) is 0.692. The minimum absolute atomic E-state index is 0.143. The molecule has 0 bridgehead atoms. The van der Waals surface area contributed by atoms with Gasteiger partial charge >= 0.3 is 0 Å². The SMILES string of the molecule is Cc1cccc(OCCNC(=O)c2cnn(-c3ccccc3C)c2C)c1. The molecule has 0 aliphatic heterocycles. The van der Waals surface area contributed by atoms with Crippen molar-refractivity contribution in [3.63, 3.8) is 0 Å². The van der Waals surface area contributed by atoms with Crippen molar-refractivity contribution in [2.75, 3.05) is 13.2 Å². The highest BCUT2D eigenvalue weighted by Gasteiger charge is 2.15. The van der Waals surface area contributed by atoms with E-state index in [2.05, 4.69) is 10.4 Å². The molecule has 0 spiro atoms. The second-order valence-electron chi connectivity index (χ2n) is 6.26. The minimum atomic E-state index is -0.143. The zero-order valence-corrected chi connectivity index (χ0v) is 15.3. The van der Waals surface area contributed by atoms with Gasteiger partial charge in [-0.15, -0.1) is 0 Å². The van der Waals surface area contributed by atoms with E-state index in [-0.39, 0.29) is 5.91 Å². The molecule has 0 saturated carbocycles. The summed E-state index contributed by atoms with van der Waals surface area (Å²) in [6, 6.07) is 15.8. The predicted molar refractivity (Wildman–Crippen MR) is 102 cm³/mol. The molecule has 1 heterocycles. The fourth-order valence-electron chi connectivity index (χ4n) is 2.81. The zero-order valence-electron chi connectivity index (χ0n) is 15.3. The summed E-state index contributed by atoms with van der Waals surface area (Å²) < 4.78 is 7.46. The van der Waals surface area contributed by atoms with Gasteiger partial charge in [0.2, 0.25) is 0 Å². The van der Waals surface area contributed by atoms with Crippen LogP contribution in [0.4, 0.5) is 0 Å². The highest BCUT2D eigenvalue weighted by molar-refractivity contribution is 5.95. The first-order valence-corrected chi connectivity index (χ1v) is 8.64. The van der Waals surface area contributed by atoms with Crippen molar-refractivity contribution < 1.29 is 9.53 Å². The molecule has 3 aromatic rings. The molecule has 0 radical (unpaired) electrons. The Bertz CT molecular complexity index is 915. The number of aromatic nitrogens is 2. The van der Waals surface area contributed by atoms with Crippen molar-refractivity contribution in [1.29, 1.82) is 0 Å². The average molecular weight is 349 g/mol. The van der Waals surface area contributed by atoms with E-state index in [4.69, 9.17) is 4.74 Å². The molecule has 0 fully saturated rings. The summed E-state index contributed by atoms with van der Waals surface area (Å²) in [6.07, 6.45) is 1.61. The lowest BCUT2D eigenvalue weighted by molar-refractivity contribution is 0.0946. The lowest BCUT2D eigenvalue weighted by Crippen LogP contribution is -2.28. The smallest absolute Gasteiger partial charge is 0.254 e. The Morgan fingerprint density at radius 1 is 1.12 bits per heavy atom. The maximum Gasteiger partial charge on any atom is 0.254 e. The number of para-hydroxylation sites is 1. The largest absolute Gasteiger partial charge is 0.492 e. The summed E-state index contributed by atoms with van der Waals surface area (Å²) in [7, 11) is 0. The Labute approximate surface area is 153 Å². The number of hydrogen-bond acceptors (Lipinski definition) is 3. The van der Waals surface area contributed by atoms with Gasteiger partial charge < -0.3 is 10.1 Å². The van der Waals surface area contributed by atoms with Gasteiger partial charge in [-0.1, -0.05) is 30.3 Å². The van der Waals surface area contributed by atoms with Crippen molar-refractivity contribution >= 4 is 5.91 Å². The van der Waals surface area contributed by atoms with E-state index in [0.717, 1.165) is 28.3 Å². The zero-order chi connectivity index (χ0) is 18.5. The number of aryl methyl sites for hydroxylation is 2. The van der Waals surface area contributed by atoms with E-state index >= 15 is 0 Å². The second kappa shape index (κ2) is 7.87. The Kier molecular flexibility index (Phi) is 5.37. The van der Waals surface area contributed by atoms with Crippen molar-refractivity contribution in [1.82, 2.24) is 15.1 Å². The first-order valence-electron chi connectivity index (χ1n) is 8.64. The molecule has 0 aliphatic carbocycles. The number of carbonyl (C=O) groups is 1. The number of carbonyl (C=O) groups excluding carboxylic acids is 1. The monoisotopic (exact) mass is 349 g/mol. The summed E-state index contributed by atoms with van der Waals surface area (Å²) in [6.45, 7) is 6.79. The molecule has 1 aromatic heterocycles. The molecular weight excluding hydrogens is 326 g/mol. The standard InChI is InChI=1S/C21H23N3O2/c1-15-7-6-9-18(13-15)26-12-11-22-21(25)19-14-23-24(17(19)3)20-10-5-4-8-16(20)2/h4-10,13-14H,11-12H2,1-3H3,(H,22,25). The fraction of sp³-hybridized carbons (Fsp3) is 0.238. The highest BCUT2D eigenvalue weighted by atomic mass is 16.5. The molecule has 1 amide bonds. The van der Waals surface area contributed by atoms with Gasteiger partial charge in [-0.2, -0.15) is 5.10 Å². The first kappa shape index (κ1) is 17.7. The van der Waals surface area contributed by atoms with Crippen LogP contribution >= 0.6 is 0 Å². The van der Waals surface area contributed by atoms with E-state index in [1.807, 2.05) is 69.3 Å². The van der Waals surface area contributed by atoms with Crippen LogP contribution in [-0.4, -0.2) is 28.8 Å². The summed E-state index contributed by atoms with van der Waals surface area (Å²) in [5.74, 6) is 0.665. The predicted octanol–water partition coefficient (Wildman–Crippen LogP) is 3.61. The molecule has 1 N–H and O–H groups in total. The van der Waals surface area contributed by atoms with Crippen molar-refractivity contribution in [3.8, 4) is 11.4 Å². The van der Waals surface area contributed by atoms with Crippen LogP contribution in [0.25, 0.3) is 5.69 Å². The maximum atomic E-state index is 12.4. The van der Waals surface area contributed by atoms with E-state index < -0.39 is 0 Å². The van der Waals surface area contributed by atoms with Gasteiger partial charge in [0.05, 0.1) is 29.7 Å². The van der Waals surface area contributed by atoms with E-state index in [9.17, 15) is 4.79 Å². The topological polar surface area (TPSA) is 56.1 Å². The van der Waals surface area contributed by atoms with Gasteiger partial charge in [0.15, 0.2) is 0 Å². The Morgan fingerprint density at radius 3 is 2.69 bits per heavy atom. The van der Waals surface area contributed by atoms with Crippen LogP contribution in [0.2, 0.25) is 0 Å². The van der Waals surface area contributed by atoms with E-state index in [1.54, 1.807) is 10.9 Å². The minimum Gasteiger partial charge on any atom is -0.492 e. The fourth-order valence-corrected chi connectivity index (χ4v) is 2.81. The van der Waals surface area contributed by atoms with Gasteiger partial charge in [-0.3, -0.25) is 4.79 Å². The molecule has 0 aliphatic rings. The third kappa shape index (κ3) is 3.94. The van der Waals surface area contributed by atoms with Crippen molar-refractivity contribution in [3.05, 3.63) is 77.1 Å². The number of benzene rings is 2. The van der Waals surface area contributed by atoms with Crippen LogP contribution in [0.15, 0.2) is 54.7 Å². The molecule has 3 rings (SSSR count). The van der Waals surface area contributed by atoms with Gasteiger partial charge in [0, 0.05) is 0 Å². The van der Waals surface area contributed by atoms with Gasteiger partial charge in [-0.25, -0.2) is 4.68 Å². The summed E-state index contributed by atoms with van der Waals surface area (Å²) in [5, 5.41) is 7.26. The van der Waals surface area contributed by atoms with Crippen LogP contribution in [-0.2, 0) is 0 Å². The number of hydrogen-bond donors (Lipinski definition) is 1. The van der Waals surface area contributed by atoms with Crippen LogP contribution in [0.1, 0.15) is 27.2 Å². The van der Waals surface area contributed by atoms with Gasteiger partial charge in [0.25, 0.3) is 5.91 Å². The number of rotatable bonds is 6. The number of nitrogens with one attached hydrogen (secondary N) is 1. The van der Waals surface area contributed by atoms with Crippen molar-refractivity contribution in [2.24, 2.45) is 0 Å². The highest BCUT2D eigenvalue weighted by Crippen LogP contribution is 2.17. The summed E-state index contributed by atoms with van der Waals surface area (Å²) >= 11 is 0. The average Bonchev–Trinajstić information content (AvgIpc) is 3.00. The number of amides is 1. The van der Waals surface area contributed by atoms with Crippen LogP contribution in [0.5, 0.6) is 5.75 Å². The molecule has 2 aromatic carbocycles. The van der Waals surface area contributed by atoms with Crippen LogP contribution in [0, 0.1) is 20.8 Å². The van der Waals surface area contributed by atoms with Gasteiger partial charge in [0.1, 0.15) is 12.4 Å². The second-order valence-corrected chi connectivity index (χ2v) is 6.26. The Hall–Kier alpha value is -3.08. The molecule has 0 saturated heterocycles. The third-order valence-corrected chi connectivity index (χ3v) is 4.24. The van der Waals surface area contributed by atoms with Gasteiger partial charge in [-0.05, 0) is 50.1 Å². The Morgan fingerprint density at radius 2 is 1.92 bits per heavy atom. The lowest BCUT2D eigenvalue weighted by atomic mass is 10.2. The lowest BCUT2D eigenvalue weighted by Gasteiger charge is -2.09. The third-order valence-electron chi connectivity index (χ3n) is 4.24. The molecule has 5 heteroatoms. The molecular formula is C21H23N3O2. The number of nitrogens with zero attached hydrogens (tertiary/aromatic N) is 2. The maximum absolute atomic E-state index is 12.4.